The highest BCUT2D eigenvalue weighted by Crippen LogP contribution is 2.27. The first-order valence-corrected chi connectivity index (χ1v) is 13.2. The Bertz CT molecular complexity index is 1060. The zero-order valence-corrected chi connectivity index (χ0v) is 20.5. The van der Waals surface area contributed by atoms with Crippen LogP contribution in [0.3, 0.4) is 0 Å². The van der Waals surface area contributed by atoms with Crippen LogP contribution in [0.4, 0.5) is 11.6 Å². The van der Waals surface area contributed by atoms with Gasteiger partial charge in [0, 0.05) is 45.3 Å². The van der Waals surface area contributed by atoms with Crippen molar-refractivity contribution in [2.24, 2.45) is 0 Å². The summed E-state index contributed by atoms with van der Waals surface area (Å²) in [5.41, 5.74) is 1.85. The summed E-state index contributed by atoms with van der Waals surface area (Å²) in [7, 11) is -3.52. The van der Waals surface area contributed by atoms with Crippen molar-refractivity contribution in [2.75, 3.05) is 49.1 Å². The fourth-order valence-corrected chi connectivity index (χ4v) is 6.22. The molecule has 0 radical (unpaired) electrons. The number of anilines is 2. The molecule has 2 aliphatic heterocycles. The molecular formula is C24H35N5O2S. The van der Waals surface area contributed by atoms with Gasteiger partial charge >= 0.3 is 0 Å². The third-order valence-electron chi connectivity index (χ3n) is 6.55. The van der Waals surface area contributed by atoms with Crippen LogP contribution < -0.4 is 9.80 Å². The minimum absolute atomic E-state index is 0.288. The molecule has 0 N–H and O–H groups in total. The van der Waals surface area contributed by atoms with Gasteiger partial charge in [-0.2, -0.15) is 4.31 Å². The highest BCUT2D eigenvalue weighted by Gasteiger charge is 2.30. The van der Waals surface area contributed by atoms with Crippen molar-refractivity contribution in [1.29, 1.82) is 0 Å². The lowest BCUT2D eigenvalue weighted by Crippen LogP contribution is -2.49. The van der Waals surface area contributed by atoms with Crippen LogP contribution in [0.25, 0.3) is 0 Å². The molecule has 174 valence electrons. The Morgan fingerprint density at radius 1 is 0.812 bits per heavy atom. The number of rotatable bonds is 5. The largest absolute Gasteiger partial charge is 0.356 e. The molecule has 3 heterocycles. The average molecular weight is 458 g/mol. The molecule has 0 bridgehead atoms. The van der Waals surface area contributed by atoms with Gasteiger partial charge in [-0.25, -0.2) is 18.4 Å². The number of hydrogen-bond donors (Lipinski definition) is 0. The van der Waals surface area contributed by atoms with E-state index in [0.717, 1.165) is 41.7 Å². The molecular weight excluding hydrogens is 422 g/mol. The standard InChI is InChI=1S/C24H35N5O2S/c1-18(2)21-9-8-19(3)22(16-21)32(30,31)29-14-12-28(13-15-29)24-17-23(25-20(4)26-24)27-10-6-5-7-11-27/h8-9,16-18H,5-7,10-15H2,1-4H3. The lowest BCUT2D eigenvalue weighted by atomic mass is 10.0. The maximum atomic E-state index is 13.4. The monoisotopic (exact) mass is 457 g/mol. The van der Waals surface area contributed by atoms with Gasteiger partial charge in [0.25, 0.3) is 0 Å². The van der Waals surface area contributed by atoms with E-state index in [1.807, 2.05) is 32.0 Å². The van der Waals surface area contributed by atoms with Crippen LogP contribution in [0.15, 0.2) is 29.2 Å². The van der Waals surface area contributed by atoms with E-state index in [0.29, 0.717) is 31.1 Å². The summed E-state index contributed by atoms with van der Waals surface area (Å²) in [6.45, 7) is 12.2. The molecule has 1 aromatic carbocycles. The summed E-state index contributed by atoms with van der Waals surface area (Å²) in [5.74, 6) is 2.94. The van der Waals surface area contributed by atoms with E-state index in [1.165, 1.54) is 19.3 Å². The Balaban J connectivity index is 1.50. The van der Waals surface area contributed by atoms with Crippen LogP contribution in [0, 0.1) is 13.8 Å². The van der Waals surface area contributed by atoms with E-state index in [2.05, 4.69) is 39.7 Å². The van der Waals surface area contributed by atoms with Crippen LogP contribution in [-0.4, -0.2) is 62.0 Å². The molecule has 2 fully saturated rings. The van der Waals surface area contributed by atoms with Crippen molar-refractivity contribution in [3.63, 3.8) is 0 Å². The third kappa shape index (κ3) is 4.76. The van der Waals surface area contributed by atoms with Gasteiger partial charge < -0.3 is 9.80 Å². The molecule has 2 aliphatic rings. The van der Waals surface area contributed by atoms with Crippen molar-refractivity contribution in [1.82, 2.24) is 14.3 Å². The number of nitrogens with zero attached hydrogens (tertiary/aromatic N) is 5. The maximum Gasteiger partial charge on any atom is 0.243 e. The fraction of sp³-hybridized carbons (Fsp3) is 0.583. The SMILES string of the molecule is Cc1nc(N2CCCCC2)cc(N2CCN(S(=O)(=O)c3cc(C(C)C)ccc3C)CC2)n1. The molecule has 0 atom stereocenters. The highest BCUT2D eigenvalue weighted by molar-refractivity contribution is 7.89. The highest BCUT2D eigenvalue weighted by atomic mass is 32.2. The summed E-state index contributed by atoms with van der Waals surface area (Å²) >= 11 is 0. The number of sulfonamides is 1. The van der Waals surface area contributed by atoms with Crippen molar-refractivity contribution in [2.45, 2.75) is 57.8 Å². The van der Waals surface area contributed by atoms with Gasteiger partial charge in [-0.1, -0.05) is 26.0 Å². The molecule has 0 amide bonds. The van der Waals surface area contributed by atoms with Gasteiger partial charge in [0.2, 0.25) is 10.0 Å². The van der Waals surface area contributed by atoms with E-state index >= 15 is 0 Å². The van der Waals surface area contributed by atoms with Gasteiger partial charge in [0.1, 0.15) is 17.5 Å². The molecule has 2 saturated heterocycles. The zero-order chi connectivity index (χ0) is 22.9. The number of aromatic nitrogens is 2. The molecule has 0 aliphatic carbocycles. The molecule has 8 heteroatoms. The minimum atomic E-state index is -3.52. The smallest absolute Gasteiger partial charge is 0.243 e. The Hall–Kier alpha value is -2.19. The van der Waals surface area contributed by atoms with Crippen LogP contribution in [-0.2, 0) is 10.0 Å². The normalized spacial score (nSPS) is 18.4. The van der Waals surface area contributed by atoms with Crippen LogP contribution in [0.2, 0.25) is 0 Å². The van der Waals surface area contributed by atoms with E-state index in [9.17, 15) is 8.42 Å². The molecule has 1 aromatic heterocycles. The van der Waals surface area contributed by atoms with Crippen LogP contribution in [0.5, 0.6) is 0 Å². The lowest BCUT2D eigenvalue weighted by Gasteiger charge is -2.35. The van der Waals surface area contributed by atoms with Crippen molar-refractivity contribution in [3.8, 4) is 0 Å². The van der Waals surface area contributed by atoms with Gasteiger partial charge in [-0.15, -0.1) is 0 Å². The van der Waals surface area contributed by atoms with Crippen molar-refractivity contribution >= 4 is 21.7 Å². The third-order valence-corrected chi connectivity index (χ3v) is 8.59. The second-order valence-corrected chi connectivity index (χ2v) is 11.2. The Morgan fingerprint density at radius 3 is 2.00 bits per heavy atom. The van der Waals surface area contributed by atoms with E-state index in [4.69, 9.17) is 0 Å². The second-order valence-electron chi connectivity index (χ2n) is 9.25. The summed E-state index contributed by atoms with van der Waals surface area (Å²) in [6, 6.07) is 7.86. The quantitative estimate of drug-likeness (QED) is 0.682. The number of piperidine rings is 1. The second kappa shape index (κ2) is 9.35. The number of piperazine rings is 1. The topological polar surface area (TPSA) is 69.6 Å². The molecule has 4 rings (SSSR count). The Morgan fingerprint density at radius 2 is 1.41 bits per heavy atom. The minimum Gasteiger partial charge on any atom is -0.356 e. The first-order valence-electron chi connectivity index (χ1n) is 11.7. The zero-order valence-electron chi connectivity index (χ0n) is 19.7. The number of hydrogen-bond acceptors (Lipinski definition) is 6. The summed E-state index contributed by atoms with van der Waals surface area (Å²) in [4.78, 5) is 14.3. The molecule has 7 nitrogen and oxygen atoms in total. The van der Waals surface area contributed by atoms with Gasteiger partial charge in [0.05, 0.1) is 4.90 Å². The van der Waals surface area contributed by atoms with Gasteiger partial charge in [-0.05, 0) is 56.2 Å². The van der Waals surface area contributed by atoms with E-state index in [-0.39, 0.29) is 5.92 Å². The van der Waals surface area contributed by atoms with E-state index < -0.39 is 10.0 Å². The first kappa shape index (κ1) is 23.0. The van der Waals surface area contributed by atoms with Gasteiger partial charge in [-0.3, -0.25) is 0 Å². The summed E-state index contributed by atoms with van der Waals surface area (Å²) < 4.78 is 28.5. The fourth-order valence-electron chi connectivity index (χ4n) is 4.53. The van der Waals surface area contributed by atoms with E-state index in [1.54, 1.807) is 4.31 Å². The predicted octanol–water partition coefficient (Wildman–Crippen LogP) is 3.72. The molecule has 0 saturated carbocycles. The van der Waals surface area contributed by atoms with Gasteiger partial charge in [0.15, 0.2) is 0 Å². The average Bonchev–Trinajstić information content (AvgIpc) is 2.79. The number of aryl methyl sites for hydroxylation is 2. The molecule has 32 heavy (non-hydrogen) atoms. The lowest BCUT2D eigenvalue weighted by molar-refractivity contribution is 0.383. The summed E-state index contributed by atoms with van der Waals surface area (Å²) in [5, 5.41) is 0. The maximum absolute atomic E-state index is 13.4. The van der Waals surface area contributed by atoms with Crippen LogP contribution in [0.1, 0.15) is 56.0 Å². The molecule has 0 spiro atoms. The summed E-state index contributed by atoms with van der Waals surface area (Å²) in [6.07, 6.45) is 3.68. The predicted molar refractivity (Wildman–Crippen MR) is 129 cm³/mol. The molecule has 2 aromatic rings. The number of benzene rings is 1. The molecule has 0 unspecified atom stereocenters. The van der Waals surface area contributed by atoms with Crippen LogP contribution >= 0.6 is 0 Å². The van der Waals surface area contributed by atoms with Crippen molar-refractivity contribution < 1.29 is 8.42 Å². The Labute approximate surface area is 192 Å². The van der Waals surface area contributed by atoms with Crippen molar-refractivity contribution in [3.05, 3.63) is 41.2 Å². The first-order chi connectivity index (χ1) is 15.3. The Kier molecular flexibility index (Phi) is 6.72.